The Morgan fingerprint density at radius 2 is 2.29 bits per heavy atom. The molecule has 0 aliphatic rings. The van der Waals surface area contributed by atoms with Gasteiger partial charge in [0.15, 0.2) is 0 Å². The van der Waals surface area contributed by atoms with Gasteiger partial charge in [-0.25, -0.2) is 0 Å². The number of carboxylic acid groups (broad SMARTS) is 1. The number of hydrogen-bond donors (Lipinski definition) is 2. The summed E-state index contributed by atoms with van der Waals surface area (Å²) < 4.78 is 4.92. The van der Waals surface area contributed by atoms with E-state index in [1.54, 1.807) is 0 Å². The van der Waals surface area contributed by atoms with Crippen LogP contribution in [-0.4, -0.2) is 23.4 Å². The topological polar surface area (TPSA) is 89.8 Å². The van der Waals surface area contributed by atoms with E-state index in [0.717, 1.165) is 6.07 Å². The fourth-order valence-corrected chi connectivity index (χ4v) is 2.13. The molecule has 0 spiro atoms. The van der Waals surface area contributed by atoms with Gasteiger partial charge >= 0.3 is 108 Å². The van der Waals surface area contributed by atoms with Crippen LogP contribution in [0.1, 0.15) is 15.9 Å². The van der Waals surface area contributed by atoms with Gasteiger partial charge in [0.2, 0.25) is 0 Å². The summed E-state index contributed by atoms with van der Waals surface area (Å²) >= 11 is 6.32. The molecule has 1 aromatic rings. The molecule has 5 nitrogen and oxygen atoms in total. The third-order valence-corrected chi connectivity index (χ3v) is 3.39. The Hall–Kier alpha value is -0.745. The number of rotatable bonds is 4. The molecule has 0 aliphatic heterocycles. The zero-order valence-electron chi connectivity index (χ0n) is 8.51. The van der Waals surface area contributed by atoms with E-state index in [1.807, 2.05) is 0 Å². The zero-order chi connectivity index (χ0) is 13.2. The molecule has 1 rings (SSSR count). The second-order valence-corrected chi connectivity index (χ2v) is 5.75. The number of aromatic hydroxyl groups is 1. The normalized spacial score (nSPS) is 11.1. The standard InChI is InChI=1S/C8H6BClO5PS/c1-3-6(8(12)13)4(11)2-5(7(3)10)15-17-16(9)14/h2,11H,1H3,(H,12,13). The fraction of sp³-hybridized carbons (Fsp3) is 0.125. The van der Waals surface area contributed by atoms with Crippen LogP contribution in [-0.2, 0) is 0 Å². The van der Waals surface area contributed by atoms with Gasteiger partial charge in [-0.2, -0.15) is 0 Å². The van der Waals surface area contributed by atoms with E-state index in [9.17, 15) is 14.8 Å². The number of hydrogen-bond acceptors (Lipinski definition) is 5. The van der Waals surface area contributed by atoms with Gasteiger partial charge in [-0.3, -0.25) is 0 Å². The zero-order valence-corrected chi connectivity index (χ0v) is 11.0. The molecule has 0 saturated heterocycles. The minimum atomic E-state index is -2.09. The number of halogens is 1. The van der Waals surface area contributed by atoms with Crippen LogP contribution in [0.25, 0.3) is 0 Å². The quantitative estimate of drug-likeness (QED) is 0.500. The second kappa shape index (κ2) is 5.73. The maximum atomic E-state index is 10.8. The van der Waals surface area contributed by atoms with E-state index in [1.165, 1.54) is 6.92 Å². The van der Waals surface area contributed by atoms with Crippen LogP contribution in [0, 0.1) is 6.92 Å². The summed E-state index contributed by atoms with van der Waals surface area (Å²) in [5.41, 5.74) is -0.147. The van der Waals surface area contributed by atoms with Gasteiger partial charge in [-0.15, -0.1) is 0 Å². The van der Waals surface area contributed by atoms with Crippen molar-refractivity contribution in [3.63, 3.8) is 0 Å². The summed E-state index contributed by atoms with van der Waals surface area (Å²) in [5.74, 6) is -1.78. The number of carboxylic acids is 1. The summed E-state index contributed by atoms with van der Waals surface area (Å²) in [4.78, 5) is 21.5. The Labute approximate surface area is 108 Å². The molecule has 0 aromatic heterocycles. The predicted octanol–water partition coefficient (Wildman–Crippen LogP) is 1.83. The van der Waals surface area contributed by atoms with E-state index in [0.29, 0.717) is 11.7 Å². The summed E-state index contributed by atoms with van der Waals surface area (Å²) in [6.07, 6.45) is 0. The van der Waals surface area contributed by atoms with Crippen molar-refractivity contribution in [3.8, 4) is 11.5 Å². The first kappa shape index (κ1) is 14.3. The van der Waals surface area contributed by atoms with E-state index in [2.05, 4.69) is 0 Å². The molecule has 0 amide bonds. The van der Waals surface area contributed by atoms with Crippen LogP contribution in [0.15, 0.2) is 6.07 Å². The Bertz CT molecular complexity index is 495. The first-order valence-electron chi connectivity index (χ1n) is 4.16. The Kier molecular flexibility index (Phi) is 4.83. The van der Waals surface area contributed by atoms with Gasteiger partial charge in [0.25, 0.3) is 0 Å². The number of carbonyl (C=O) groups is 1. The van der Waals surface area contributed by atoms with E-state index >= 15 is 0 Å². The molecule has 0 heterocycles. The van der Waals surface area contributed by atoms with Crippen molar-refractivity contribution < 1.29 is 24.1 Å². The van der Waals surface area contributed by atoms with E-state index < -0.39 is 18.6 Å². The number of aromatic carboxylic acids is 1. The first-order chi connectivity index (χ1) is 7.84. The molecule has 1 radical (unpaired) electrons. The molecule has 0 aliphatic carbocycles. The molecule has 17 heavy (non-hydrogen) atoms. The average Bonchev–Trinajstić information content (AvgIpc) is 2.20. The first-order valence-corrected chi connectivity index (χ1v) is 7.22. The molecule has 1 unspecified atom stereocenters. The molecule has 89 valence electrons. The molecule has 2 N–H and O–H groups in total. The van der Waals surface area contributed by atoms with Crippen LogP contribution >= 0.6 is 30.1 Å². The summed E-state index contributed by atoms with van der Waals surface area (Å²) in [7, 11) is 4.99. The third-order valence-electron chi connectivity index (χ3n) is 1.86. The van der Waals surface area contributed by atoms with E-state index in [4.69, 9.17) is 28.1 Å². The van der Waals surface area contributed by atoms with Crippen molar-refractivity contribution in [1.29, 1.82) is 0 Å². The minimum absolute atomic E-state index is 0.00506. The fourth-order valence-electron chi connectivity index (χ4n) is 1.15. The Balaban J connectivity index is 3.19. The molecule has 1 aromatic carbocycles. The van der Waals surface area contributed by atoms with Crippen molar-refractivity contribution in [1.82, 2.24) is 0 Å². The van der Waals surface area contributed by atoms with E-state index in [-0.39, 0.29) is 21.9 Å². The number of phenols is 1. The van der Waals surface area contributed by atoms with Crippen LogP contribution in [0.4, 0.5) is 0 Å². The van der Waals surface area contributed by atoms with Gasteiger partial charge in [-0.05, 0) is 0 Å². The molecular formula is C8H6BClO5PS. The summed E-state index contributed by atoms with van der Waals surface area (Å²) in [5, 5.41) is 18.4. The summed E-state index contributed by atoms with van der Waals surface area (Å²) in [6, 6.07) is 1.03. The summed E-state index contributed by atoms with van der Waals surface area (Å²) in [6.45, 7) is -0.666. The van der Waals surface area contributed by atoms with Gasteiger partial charge in [0.05, 0.1) is 0 Å². The molecule has 0 fully saturated rings. The van der Waals surface area contributed by atoms with Crippen molar-refractivity contribution in [3.05, 3.63) is 22.2 Å². The molecular weight excluding hydrogens is 285 g/mol. The van der Waals surface area contributed by atoms with Crippen molar-refractivity contribution in [2.45, 2.75) is 6.92 Å². The molecule has 1 atom stereocenters. The van der Waals surface area contributed by atoms with Crippen LogP contribution in [0.2, 0.25) is 5.02 Å². The van der Waals surface area contributed by atoms with Gasteiger partial charge < -0.3 is 0 Å². The van der Waals surface area contributed by atoms with Gasteiger partial charge in [0, 0.05) is 0 Å². The molecule has 0 saturated carbocycles. The predicted molar refractivity (Wildman–Crippen MR) is 65.7 cm³/mol. The van der Waals surface area contributed by atoms with Crippen molar-refractivity contribution in [2.75, 3.05) is 0 Å². The molecule has 0 bridgehead atoms. The Morgan fingerprint density at radius 3 is 2.76 bits per heavy atom. The SMILES string of the molecule is [B]=[P+]([O-])SOc1cc(O)c(C(=O)O)c(C)c1Cl. The van der Waals surface area contributed by atoms with Crippen LogP contribution < -0.4 is 9.08 Å². The van der Waals surface area contributed by atoms with Gasteiger partial charge in [0.1, 0.15) is 0 Å². The van der Waals surface area contributed by atoms with Crippen LogP contribution in [0.3, 0.4) is 0 Å². The Morgan fingerprint density at radius 1 is 1.71 bits per heavy atom. The van der Waals surface area contributed by atoms with Crippen LogP contribution in [0.5, 0.6) is 11.5 Å². The maximum absolute atomic E-state index is 10.8. The average molecular weight is 291 g/mol. The second-order valence-electron chi connectivity index (χ2n) is 2.96. The van der Waals surface area contributed by atoms with Crippen molar-refractivity contribution >= 4 is 43.3 Å². The third kappa shape index (κ3) is 3.36. The van der Waals surface area contributed by atoms with Gasteiger partial charge in [-0.1, -0.05) is 0 Å². The van der Waals surface area contributed by atoms with Crippen molar-refractivity contribution in [2.24, 2.45) is 0 Å². The molecule has 9 heteroatoms. The number of benzene rings is 1. The monoisotopic (exact) mass is 291 g/mol.